The van der Waals surface area contributed by atoms with Crippen LogP contribution in [-0.2, 0) is 4.79 Å². The Labute approximate surface area is 102 Å². The highest BCUT2D eigenvalue weighted by Gasteiger charge is 2.23. The molecule has 1 amide bonds. The molecule has 1 aliphatic carbocycles. The van der Waals surface area contributed by atoms with Gasteiger partial charge in [-0.15, -0.1) is 0 Å². The molecule has 0 bridgehead atoms. The lowest BCUT2D eigenvalue weighted by molar-refractivity contribution is -0.123. The Morgan fingerprint density at radius 2 is 1.94 bits per heavy atom. The van der Waals surface area contributed by atoms with Crippen molar-refractivity contribution in [2.24, 2.45) is 0 Å². The number of carbonyl (C=O) groups excluding carboxylic acids is 1. The van der Waals surface area contributed by atoms with Crippen LogP contribution in [0.15, 0.2) is 0 Å². The molecular weight excluding hydrogens is 220 g/mol. The van der Waals surface area contributed by atoms with E-state index < -0.39 is 0 Å². The minimum atomic E-state index is 0.0435. The van der Waals surface area contributed by atoms with Crippen LogP contribution in [0.3, 0.4) is 0 Å². The largest absolute Gasteiger partial charge is 0.352 e. The molecule has 1 saturated carbocycles. The van der Waals surface area contributed by atoms with E-state index in [1.807, 2.05) is 11.8 Å². The summed E-state index contributed by atoms with van der Waals surface area (Å²) in [5.41, 5.74) is 0. The monoisotopic (exact) mass is 242 g/mol. The summed E-state index contributed by atoms with van der Waals surface area (Å²) in [6, 6.07) is 0.478. The highest BCUT2D eigenvalue weighted by atomic mass is 32.2. The zero-order valence-corrected chi connectivity index (χ0v) is 10.7. The van der Waals surface area contributed by atoms with Gasteiger partial charge >= 0.3 is 0 Å². The predicted molar refractivity (Wildman–Crippen MR) is 68.7 cm³/mol. The Bertz CT molecular complexity index is 221. The molecule has 0 radical (unpaired) electrons. The molecule has 1 atom stereocenters. The molecule has 1 unspecified atom stereocenters. The summed E-state index contributed by atoms with van der Waals surface area (Å²) in [7, 11) is 0. The summed E-state index contributed by atoms with van der Waals surface area (Å²) >= 11 is 1.87. The van der Waals surface area contributed by atoms with Crippen molar-refractivity contribution in [3.05, 3.63) is 0 Å². The van der Waals surface area contributed by atoms with E-state index in [0.29, 0.717) is 6.04 Å². The SMILES string of the molecule is O=C(NC1CCCCCC1)C1CSCCN1. The molecule has 2 N–H and O–H groups in total. The van der Waals surface area contributed by atoms with Gasteiger partial charge in [-0.2, -0.15) is 11.8 Å². The van der Waals surface area contributed by atoms with Gasteiger partial charge in [0.15, 0.2) is 0 Å². The van der Waals surface area contributed by atoms with Crippen LogP contribution >= 0.6 is 11.8 Å². The van der Waals surface area contributed by atoms with E-state index in [4.69, 9.17) is 0 Å². The van der Waals surface area contributed by atoms with Gasteiger partial charge in [0.25, 0.3) is 0 Å². The molecule has 4 heteroatoms. The van der Waals surface area contributed by atoms with Crippen LogP contribution in [0, 0.1) is 0 Å². The van der Waals surface area contributed by atoms with Crippen molar-refractivity contribution in [3.8, 4) is 0 Å². The van der Waals surface area contributed by atoms with Gasteiger partial charge < -0.3 is 10.6 Å². The number of nitrogens with one attached hydrogen (secondary N) is 2. The number of rotatable bonds is 2. The van der Waals surface area contributed by atoms with Crippen molar-refractivity contribution in [3.63, 3.8) is 0 Å². The first kappa shape index (κ1) is 12.2. The highest BCUT2D eigenvalue weighted by Crippen LogP contribution is 2.17. The van der Waals surface area contributed by atoms with Gasteiger partial charge in [0.2, 0.25) is 5.91 Å². The van der Waals surface area contributed by atoms with Crippen LogP contribution in [0.2, 0.25) is 0 Å². The molecular formula is C12H22N2OS. The van der Waals surface area contributed by atoms with E-state index in [-0.39, 0.29) is 11.9 Å². The van der Waals surface area contributed by atoms with Crippen molar-refractivity contribution in [1.29, 1.82) is 0 Å². The molecule has 1 aliphatic heterocycles. The van der Waals surface area contributed by atoms with Crippen molar-refractivity contribution in [2.75, 3.05) is 18.1 Å². The summed E-state index contributed by atoms with van der Waals surface area (Å²) < 4.78 is 0. The topological polar surface area (TPSA) is 41.1 Å². The van der Waals surface area contributed by atoms with Gasteiger partial charge in [-0.25, -0.2) is 0 Å². The molecule has 0 aromatic rings. The lowest BCUT2D eigenvalue weighted by atomic mass is 10.1. The third-order valence-corrected chi connectivity index (χ3v) is 4.50. The second-order valence-corrected chi connectivity index (χ2v) is 5.93. The molecule has 92 valence electrons. The fourth-order valence-corrected chi connectivity index (χ4v) is 3.39. The van der Waals surface area contributed by atoms with Crippen LogP contribution in [-0.4, -0.2) is 36.0 Å². The normalized spacial score (nSPS) is 28.4. The quantitative estimate of drug-likeness (QED) is 0.722. The molecule has 2 aliphatic rings. The van der Waals surface area contributed by atoms with E-state index >= 15 is 0 Å². The van der Waals surface area contributed by atoms with E-state index in [2.05, 4.69) is 10.6 Å². The smallest absolute Gasteiger partial charge is 0.238 e. The predicted octanol–water partition coefficient (Wildman–Crippen LogP) is 1.53. The average Bonchev–Trinajstić information content (AvgIpc) is 2.59. The van der Waals surface area contributed by atoms with Gasteiger partial charge in [-0.3, -0.25) is 4.79 Å². The number of carbonyl (C=O) groups is 1. The number of hydrogen-bond donors (Lipinski definition) is 2. The summed E-state index contributed by atoms with van der Waals surface area (Å²) in [5, 5.41) is 6.50. The Kier molecular flexibility index (Phi) is 4.97. The van der Waals surface area contributed by atoms with Crippen LogP contribution in [0.5, 0.6) is 0 Å². The average molecular weight is 242 g/mol. The molecule has 3 nitrogen and oxygen atoms in total. The standard InChI is InChI=1S/C12H22N2OS/c15-12(11-9-16-8-7-13-11)14-10-5-3-1-2-4-6-10/h10-11,13H,1-9H2,(H,14,15). The first-order valence-corrected chi connectivity index (χ1v) is 7.63. The van der Waals surface area contributed by atoms with Gasteiger partial charge in [0.1, 0.15) is 0 Å². The molecule has 16 heavy (non-hydrogen) atoms. The number of hydrogen-bond acceptors (Lipinski definition) is 3. The van der Waals surface area contributed by atoms with Crippen LogP contribution in [0.4, 0.5) is 0 Å². The first-order valence-electron chi connectivity index (χ1n) is 6.48. The van der Waals surface area contributed by atoms with Gasteiger partial charge in [0.05, 0.1) is 6.04 Å². The van der Waals surface area contributed by atoms with E-state index in [1.165, 1.54) is 38.5 Å². The number of amides is 1. The third-order valence-electron chi connectivity index (χ3n) is 3.44. The van der Waals surface area contributed by atoms with Gasteiger partial charge in [-0.05, 0) is 12.8 Å². The van der Waals surface area contributed by atoms with E-state index in [0.717, 1.165) is 18.1 Å². The Morgan fingerprint density at radius 3 is 2.56 bits per heavy atom. The molecule has 2 rings (SSSR count). The maximum Gasteiger partial charge on any atom is 0.238 e. The van der Waals surface area contributed by atoms with Gasteiger partial charge in [0, 0.05) is 24.1 Å². The second-order valence-electron chi connectivity index (χ2n) is 4.78. The summed E-state index contributed by atoms with van der Waals surface area (Å²) in [4.78, 5) is 12.0. The molecule has 0 aromatic carbocycles. The molecule has 1 saturated heterocycles. The van der Waals surface area contributed by atoms with E-state index in [1.54, 1.807) is 0 Å². The first-order chi connectivity index (χ1) is 7.86. The maximum atomic E-state index is 12.0. The zero-order valence-electron chi connectivity index (χ0n) is 9.84. The highest BCUT2D eigenvalue weighted by molar-refractivity contribution is 7.99. The lowest BCUT2D eigenvalue weighted by Gasteiger charge is -2.25. The maximum absolute atomic E-state index is 12.0. The van der Waals surface area contributed by atoms with Crippen molar-refractivity contribution in [1.82, 2.24) is 10.6 Å². The summed E-state index contributed by atoms with van der Waals surface area (Å²) in [5.74, 6) is 2.28. The summed E-state index contributed by atoms with van der Waals surface area (Å²) in [6.45, 7) is 0.966. The van der Waals surface area contributed by atoms with Crippen molar-refractivity contribution >= 4 is 17.7 Å². The van der Waals surface area contributed by atoms with Crippen molar-refractivity contribution in [2.45, 2.75) is 50.6 Å². The molecule has 1 heterocycles. The second kappa shape index (κ2) is 6.50. The van der Waals surface area contributed by atoms with Crippen LogP contribution in [0.1, 0.15) is 38.5 Å². The fraction of sp³-hybridized carbons (Fsp3) is 0.917. The molecule has 0 spiro atoms. The van der Waals surface area contributed by atoms with E-state index in [9.17, 15) is 4.79 Å². The summed E-state index contributed by atoms with van der Waals surface area (Å²) in [6.07, 6.45) is 7.57. The Hall–Kier alpha value is -0.220. The van der Waals surface area contributed by atoms with Crippen LogP contribution < -0.4 is 10.6 Å². The number of thioether (sulfide) groups is 1. The third kappa shape index (κ3) is 3.67. The molecule has 0 aromatic heterocycles. The Balaban J connectivity index is 1.76. The van der Waals surface area contributed by atoms with Crippen molar-refractivity contribution < 1.29 is 4.79 Å². The fourth-order valence-electron chi connectivity index (χ4n) is 2.46. The minimum absolute atomic E-state index is 0.0435. The molecule has 2 fully saturated rings. The Morgan fingerprint density at radius 1 is 1.19 bits per heavy atom. The van der Waals surface area contributed by atoms with Gasteiger partial charge in [-0.1, -0.05) is 25.7 Å². The zero-order chi connectivity index (χ0) is 11.2. The minimum Gasteiger partial charge on any atom is -0.352 e. The van der Waals surface area contributed by atoms with Crippen LogP contribution in [0.25, 0.3) is 0 Å². The lowest BCUT2D eigenvalue weighted by Crippen LogP contribution is -2.51.